The maximum Gasteiger partial charge on any atom is 0.0642 e. The average Bonchev–Trinajstić information content (AvgIpc) is 2.94. The SMILES string of the molecule is CCCNC(C)c1cccn1Cc1cc(C)nn1C. The molecule has 104 valence electrons. The van der Waals surface area contributed by atoms with Crippen molar-refractivity contribution in [3.63, 3.8) is 0 Å². The van der Waals surface area contributed by atoms with Crippen molar-refractivity contribution in [2.45, 2.75) is 39.8 Å². The molecule has 2 aromatic heterocycles. The van der Waals surface area contributed by atoms with Crippen molar-refractivity contribution in [1.82, 2.24) is 19.7 Å². The fraction of sp³-hybridized carbons (Fsp3) is 0.533. The summed E-state index contributed by atoms with van der Waals surface area (Å²) >= 11 is 0. The zero-order chi connectivity index (χ0) is 13.8. The topological polar surface area (TPSA) is 34.8 Å². The van der Waals surface area contributed by atoms with Crippen LogP contribution in [0.3, 0.4) is 0 Å². The van der Waals surface area contributed by atoms with Crippen LogP contribution in [0.1, 0.15) is 43.4 Å². The molecule has 1 atom stereocenters. The van der Waals surface area contributed by atoms with Crippen LogP contribution in [0.4, 0.5) is 0 Å². The Morgan fingerprint density at radius 1 is 1.42 bits per heavy atom. The molecule has 1 N–H and O–H groups in total. The zero-order valence-electron chi connectivity index (χ0n) is 12.3. The lowest BCUT2D eigenvalue weighted by atomic mass is 10.2. The molecule has 2 aromatic rings. The Balaban J connectivity index is 2.13. The monoisotopic (exact) mass is 260 g/mol. The molecule has 0 aliphatic rings. The van der Waals surface area contributed by atoms with Crippen molar-refractivity contribution >= 4 is 0 Å². The normalized spacial score (nSPS) is 12.8. The Labute approximate surface area is 115 Å². The molecule has 0 aliphatic heterocycles. The second-order valence-corrected chi connectivity index (χ2v) is 5.14. The number of aromatic nitrogens is 3. The highest BCUT2D eigenvalue weighted by Crippen LogP contribution is 2.15. The summed E-state index contributed by atoms with van der Waals surface area (Å²) in [4.78, 5) is 0. The number of rotatable bonds is 6. The highest BCUT2D eigenvalue weighted by Gasteiger charge is 2.11. The molecule has 0 spiro atoms. The third-order valence-corrected chi connectivity index (χ3v) is 3.44. The van der Waals surface area contributed by atoms with Gasteiger partial charge in [0, 0.05) is 25.0 Å². The van der Waals surface area contributed by atoms with Crippen LogP contribution in [-0.2, 0) is 13.6 Å². The third kappa shape index (κ3) is 3.26. The smallest absolute Gasteiger partial charge is 0.0642 e. The van der Waals surface area contributed by atoms with E-state index in [2.05, 4.69) is 53.2 Å². The van der Waals surface area contributed by atoms with E-state index in [0.29, 0.717) is 6.04 Å². The van der Waals surface area contributed by atoms with Crippen molar-refractivity contribution in [2.24, 2.45) is 7.05 Å². The molecular weight excluding hydrogens is 236 g/mol. The summed E-state index contributed by atoms with van der Waals surface area (Å²) < 4.78 is 4.26. The average molecular weight is 260 g/mol. The Kier molecular flexibility index (Phi) is 4.43. The zero-order valence-corrected chi connectivity index (χ0v) is 12.3. The van der Waals surface area contributed by atoms with E-state index < -0.39 is 0 Å². The minimum absolute atomic E-state index is 0.379. The fourth-order valence-electron chi connectivity index (χ4n) is 2.42. The lowest BCUT2D eigenvalue weighted by molar-refractivity contribution is 0.529. The van der Waals surface area contributed by atoms with E-state index in [1.54, 1.807) is 0 Å². The van der Waals surface area contributed by atoms with Gasteiger partial charge < -0.3 is 9.88 Å². The second kappa shape index (κ2) is 6.06. The molecule has 1 unspecified atom stereocenters. The molecule has 4 nitrogen and oxygen atoms in total. The number of nitrogens with one attached hydrogen (secondary N) is 1. The molecule has 4 heteroatoms. The van der Waals surface area contributed by atoms with Gasteiger partial charge >= 0.3 is 0 Å². The van der Waals surface area contributed by atoms with Gasteiger partial charge in [-0.15, -0.1) is 0 Å². The van der Waals surface area contributed by atoms with Gasteiger partial charge in [0.25, 0.3) is 0 Å². The first-order chi connectivity index (χ1) is 9.11. The van der Waals surface area contributed by atoms with Gasteiger partial charge in [-0.2, -0.15) is 5.10 Å². The summed E-state index contributed by atoms with van der Waals surface area (Å²) in [6, 6.07) is 6.83. The minimum Gasteiger partial charge on any atom is -0.344 e. The van der Waals surface area contributed by atoms with Crippen LogP contribution in [0.2, 0.25) is 0 Å². The maximum atomic E-state index is 4.40. The van der Waals surface area contributed by atoms with Crippen LogP contribution >= 0.6 is 0 Å². The first kappa shape index (κ1) is 13.9. The molecule has 0 aromatic carbocycles. The molecular formula is C15H24N4. The molecule has 0 saturated carbocycles. The third-order valence-electron chi connectivity index (χ3n) is 3.44. The first-order valence-corrected chi connectivity index (χ1v) is 6.99. The number of hydrogen-bond acceptors (Lipinski definition) is 2. The fourth-order valence-corrected chi connectivity index (χ4v) is 2.42. The quantitative estimate of drug-likeness (QED) is 0.866. The molecule has 0 fully saturated rings. The molecule has 2 rings (SSSR count). The Morgan fingerprint density at radius 2 is 2.21 bits per heavy atom. The van der Waals surface area contributed by atoms with E-state index in [-0.39, 0.29) is 0 Å². The molecule has 2 heterocycles. The maximum absolute atomic E-state index is 4.40. The van der Waals surface area contributed by atoms with Crippen molar-refractivity contribution in [3.05, 3.63) is 41.5 Å². The van der Waals surface area contributed by atoms with Gasteiger partial charge in [0.15, 0.2) is 0 Å². The van der Waals surface area contributed by atoms with Gasteiger partial charge in [-0.25, -0.2) is 0 Å². The van der Waals surface area contributed by atoms with E-state index >= 15 is 0 Å². The summed E-state index contributed by atoms with van der Waals surface area (Å²) in [5.41, 5.74) is 3.63. The second-order valence-electron chi connectivity index (χ2n) is 5.14. The summed E-state index contributed by atoms with van der Waals surface area (Å²) in [5.74, 6) is 0. The van der Waals surface area contributed by atoms with Gasteiger partial charge in [0.1, 0.15) is 0 Å². The van der Waals surface area contributed by atoms with Gasteiger partial charge in [0.05, 0.1) is 17.9 Å². The molecule has 0 bridgehead atoms. The lowest BCUT2D eigenvalue weighted by Crippen LogP contribution is -2.22. The van der Waals surface area contributed by atoms with Crippen molar-refractivity contribution < 1.29 is 0 Å². The van der Waals surface area contributed by atoms with Gasteiger partial charge in [-0.3, -0.25) is 4.68 Å². The molecule has 0 saturated heterocycles. The summed E-state index contributed by atoms with van der Waals surface area (Å²) in [6.45, 7) is 8.37. The van der Waals surface area contributed by atoms with Crippen LogP contribution in [0.15, 0.2) is 24.4 Å². The molecule has 0 aliphatic carbocycles. The molecule has 0 radical (unpaired) electrons. The van der Waals surface area contributed by atoms with Crippen LogP contribution in [0.5, 0.6) is 0 Å². The highest BCUT2D eigenvalue weighted by molar-refractivity contribution is 5.16. The lowest BCUT2D eigenvalue weighted by Gasteiger charge is -2.17. The summed E-state index contributed by atoms with van der Waals surface area (Å²) in [7, 11) is 2.00. The van der Waals surface area contributed by atoms with Gasteiger partial charge in [-0.1, -0.05) is 6.92 Å². The van der Waals surface area contributed by atoms with Crippen LogP contribution in [-0.4, -0.2) is 20.9 Å². The standard InChI is InChI=1S/C15H24N4/c1-5-8-16-13(3)15-7-6-9-19(15)11-14-10-12(2)17-18(14)4/h6-7,9-10,13,16H,5,8,11H2,1-4H3. The van der Waals surface area contributed by atoms with E-state index in [4.69, 9.17) is 0 Å². The first-order valence-electron chi connectivity index (χ1n) is 6.99. The van der Waals surface area contributed by atoms with E-state index in [1.165, 1.54) is 11.4 Å². The van der Waals surface area contributed by atoms with E-state index in [9.17, 15) is 0 Å². The van der Waals surface area contributed by atoms with Crippen molar-refractivity contribution in [1.29, 1.82) is 0 Å². The highest BCUT2D eigenvalue weighted by atomic mass is 15.3. The van der Waals surface area contributed by atoms with Gasteiger partial charge in [-0.05, 0) is 45.0 Å². The van der Waals surface area contributed by atoms with Crippen LogP contribution in [0.25, 0.3) is 0 Å². The van der Waals surface area contributed by atoms with Crippen LogP contribution in [0, 0.1) is 6.92 Å². The Bertz CT molecular complexity index is 524. The van der Waals surface area contributed by atoms with Crippen molar-refractivity contribution in [2.75, 3.05) is 6.54 Å². The molecule has 19 heavy (non-hydrogen) atoms. The summed E-state index contributed by atoms with van der Waals surface area (Å²) in [6.07, 6.45) is 3.30. The van der Waals surface area contributed by atoms with E-state index in [0.717, 1.165) is 25.2 Å². The predicted molar refractivity (Wildman–Crippen MR) is 78.2 cm³/mol. The number of nitrogens with zero attached hydrogens (tertiary/aromatic N) is 3. The van der Waals surface area contributed by atoms with Gasteiger partial charge in [0.2, 0.25) is 0 Å². The van der Waals surface area contributed by atoms with E-state index in [1.807, 2.05) is 18.7 Å². The van der Waals surface area contributed by atoms with Crippen molar-refractivity contribution in [3.8, 4) is 0 Å². The predicted octanol–water partition coefficient (Wildman–Crippen LogP) is 2.64. The number of aryl methyl sites for hydroxylation is 2. The minimum atomic E-state index is 0.379. The number of hydrogen-bond donors (Lipinski definition) is 1. The Hall–Kier alpha value is -1.55. The molecule has 0 amide bonds. The Morgan fingerprint density at radius 3 is 2.84 bits per heavy atom. The van der Waals surface area contributed by atoms with Crippen LogP contribution < -0.4 is 5.32 Å². The summed E-state index contributed by atoms with van der Waals surface area (Å²) in [5, 5.41) is 7.94. The largest absolute Gasteiger partial charge is 0.344 e.